The monoisotopic (exact) mass is 235 g/mol. The maximum atomic E-state index is 6.30. The van der Waals surface area contributed by atoms with Crippen LogP contribution in [0.5, 0.6) is 5.75 Å². The fourth-order valence-corrected chi connectivity index (χ4v) is 2.21. The van der Waals surface area contributed by atoms with Gasteiger partial charge in [0.1, 0.15) is 5.75 Å². The van der Waals surface area contributed by atoms with Crippen molar-refractivity contribution >= 4 is 0 Å². The van der Waals surface area contributed by atoms with E-state index in [1.807, 2.05) is 6.07 Å². The van der Waals surface area contributed by atoms with Gasteiger partial charge in [0.15, 0.2) is 0 Å². The van der Waals surface area contributed by atoms with Crippen LogP contribution in [0.2, 0.25) is 0 Å². The maximum absolute atomic E-state index is 6.30. The third-order valence-electron chi connectivity index (χ3n) is 3.23. The molecule has 96 valence electrons. The van der Waals surface area contributed by atoms with Crippen LogP contribution in [-0.4, -0.2) is 7.11 Å². The van der Waals surface area contributed by atoms with E-state index in [-0.39, 0.29) is 11.5 Å². The number of rotatable bonds is 3. The third-order valence-corrected chi connectivity index (χ3v) is 3.23. The van der Waals surface area contributed by atoms with Gasteiger partial charge in [-0.3, -0.25) is 0 Å². The topological polar surface area (TPSA) is 35.2 Å². The highest BCUT2D eigenvalue weighted by molar-refractivity contribution is 5.44. The molecule has 0 aliphatic heterocycles. The molecule has 1 atom stereocenters. The summed E-state index contributed by atoms with van der Waals surface area (Å²) in [4.78, 5) is 0. The molecule has 2 nitrogen and oxygen atoms in total. The van der Waals surface area contributed by atoms with Crippen molar-refractivity contribution in [1.29, 1.82) is 0 Å². The summed E-state index contributed by atoms with van der Waals surface area (Å²) < 4.78 is 5.32. The highest BCUT2D eigenvalue weighted by Gasteiger charge is 2.19. The molecule has 0 saturated heterocycles. The summed E-state index contributed by atoms with van der Waals surface area (Å²) in [6.45, 7) is 10.9. The van der Waals surface area contributed by atoms with E-state index in [2.05, 4.69) is 40.7 Å². The minimum Gasteiger partial charge on any atom is -0.496 e. The summed E-state index contributed by atoms with van der Waals surface area (Å²) in [5.41, 5.74) is 10.2. The average molecular weight is 235 g/mol. The van der Waals surface area contributed by atoms with Gasteiger partial charge >= 0.3 is 0 Å². The van der Waals surface area contributed by atoms with Gasteiger partial charge < -0.3 is 10.5 Å². The summed E-state index contributed by atoms with van der Waals surface area (Å²) in [6, 6.07) is 4.21. The van der Waals surface area contributed by atoms with Crippen molar-refractivity contribution in [3.63, 3.8) is 0 Å². The van der Waals surface area contributed by atoms with E-state index in [0.717, 1.165) is 12.2 Å². The molecule has 2 N–H and O–H groups in total. The molecule has 0 spiro atoms. The number of ether oxygens (including phenoxy) is 1. The van der Waals surface area contributed by atoms with E-state index in [0.29, 0.717) is 0 Å². The molecule has 0 aliphatic rings. The molecule has 0 amide bonds. The molecule has 2 heteroatoms. The van der Waals surface area contributed by atoms with Crippen molar-refractivity contribution in [3.8, 4) is 5.75 Å². The fraction of sp³-hybridized carbons (Fsp3) is 0.600. The molecule has 0 aromatic heterocycles. The van der Waals surface area contributed by atoms with Gasteiger partial charge in [-0.2, -0.15) is 0 Å². The first-order valence-corrected chi connectivity index (χ1v) is 6.16. The Kier molecular flexibility index (Phi) is 4.21. The lowest BCUT2D eigenvalue weighted by Gasteiger charge is -2.25. The molecule has 1 unspecified atom stereocenters. The molecular formula is C15H25NO. The van der Waals surface area contributed by atoms with E-state index in [1.54, 1.807) is 7.11 Å². The first-order chi connectivity index (χ1) is 7.76. The molecule has 0 aliphatic carbocycles. The summed E-state index contributed by atoms with van der Waals surface area (Å²) in [5, 5.41) is 0. The molecule has 0 bridgehead atoms. The number of methoxy groups -OCH3 is 1. The smallest absolute Gasteiger partial charge is 0.122 e. The van der Waals surface area contributed by atoms with Crippen LogP contribution in [0.25, 0.3) is 0 Å². The molecule has 0 radical (unpaired) electrons. The summed E-state index contributed by atoms with van der Waals surface area (Å²) in [7, 11) is 1.70. The molecule has 0 saturated carbocycles. The first kappa shape index (κ1) is 14.0. The molecule has 0 heterocycles. The second-order valence-corrected chi connectivity index (χ2v) is 5.98. The van der Waals surface area contributed by atoms with Crippen LogP contribution in [0.4, 0.5) is 0 Å². The van der Waals surface area contributed by atoms with E-state index in [1.165, 1.54) is 16.7 Å². The number of benzene rings is 1. The average Bonchev–Trinajstić information content (AvgIpc) is 2.19. The summed E-state index contributed by atoms with van der Waals surface area (Å²) >= 11 is 0. The predicted octanol–water partition coefficient (Wildman–Crippen LogP) is 3.75. The SMILES string of the molecule is COc1ccc(C(N)CC(C)(C)C)c(C)c1C. The molecule has 17 heavy (non-hydrogen) atoms. The van der Waals surface area contributed by atoms with Crippen LogP contribution >= 0.6 is 0 Å². The standard InChI is InChI=1S/C15H25NO/c1-10-11(2)14(17-6)8-7-12(10)13(16)9-15(3,4)5/h7-8,13H,9,16H2,1-6H3. The van der Waals surface area contributed by atoms with E-state index in [4.69, 9.17) is 10.5 Å². The normalized spacial score (nSPS) is 13.6. The zero-order valence-corrected chi connectivity index (χ0v) is 11.9. The Morgan fingerprint density at radius 2 is 1.76 bits per heavy atom. The van der Waals surface area contributed by atoms with Crippen LogP contribution in [0.1, 0.15) is 49.9 Å². The van der Waals surface area contributed by atoms with E-state index < -0.39 is 0 Å². The molecule has 1 aromatic carbocycles. The largest absolute Gasteiger partial charge is 0.496 e. The molecule has 1 aromatic rings. The van der Waals surface area contributed by atoms with Gasteiger partial charge in [0.2, 0.25) is 0 Å². The summed E-state index contributed by atoms with van der Waals surface area (Å²) in [6.07, 6.45) is 0.986. The van der Waals surface area contributed by atoms with Gasteiger partial charge in [0, 0.05) is 6.04 Å². The zero-order chi connectivity index (χ0) is 13.2. The lowest BCUT2D eigenvalue weighted by molar-refractivity contribution is 0.342. The first-order valence-electron chi connectivity index (χ1n) is 6.16. The Morgan fingerprint density at radius 1 is 1.18 bits per heavy atom. The highest BCUT2D eigenvalue weighted by atomic mass is 16.5. The Balaban J connectivity index is 3.03. The van der Waals surface area contributed by atoms with Crippen molar-refractivity contribution in [2.45, 2.75) is 47.1 Å². The second kappa shape index (κ2) is 5.09. The number of hydrogen-bond acceptors (Lipinski definition) is 2. The highest BCUT2D eigenvalue weighted by Crippen LogP contribution is 2.32. The fourth-order valence-electron chi connectivity index (χ4n) is 2.21. The number of nitrogens with two attached hydrogens (primary N) is 1. The minimum atomic E-state index is 0.0969. The van der Waals surface area contributed by atoms with Crippen molar-refractivity contribution in [1.82, 2.24) is 0 Å². The Morgan fingerprint density at radius 3 is 2.24 bits per heavy atom. The summed E-state index contributed by atoms with van der Waals surface area (Å²) in [5.74, 6) is 0.939. The van der Waals surface area contributed by atoms with Gasteiger partial charge in [-0.15, -0.1) is 0 Å². The van der Waals surface area contributed by atoms with Crippen LogP contribution in [0, 0.1) is 19.3 Å². The van der Waals surface area contributed by atoms with Crippen LogP contribution in [0.3, 0.4) is 0 Å². The van der Waals surface area contributed by atoms with Crippen LogP contribution in [0.15, 0.2) is 12.1 Å². The van der Waals surface area contributed by atoms with Crippen molar-refractivity contribution in [2.75, 3.05) is 7.11 Å². The quantitative estimate of drug-likeness (QED) is 0.866. The zero-order valence-electron chi connectivity index (χ0n) is 11.9. The molecule has 1 rings (SSSR count). The second-order valence-electron chi connectivity index (χ2n) is 5.98. The number of hydrogen-bond donors (Lipinski definition) is 1. The van der Waals surface area contributed by atoms with Gasteiger partial charge in [0.05, 0.1) is 7.11 Å². The lowest BCUT2D eigenvalue weighted by Crippen LogP contribution is -2.19. The third kappa shape index (κ3) is 3.47. The molecular weight excluding hydrogens is 210 g/mol. The van der Waals surface area contributed by atoms with E-state index in [9.17, 15) is 0 Å². The van der Waals surface area contributed by atoms with Crippen LogP contribution < -0.4 is 10.5 Å². The van der Waals surface area contributed by atoms with E-state index >= 15 is 0 Å². The van der Waals surface area contributed by atoms with Crippen molar-refractivity contribution in [2.24, 2.45) is 11.1 Å². The molecule has 0 fully saturated rings. The Bertz CT molecular complexity index is 391. The van der Waals surface area contributed by atoms with Gasteiger partial charge in [-0.1, -0.05) is 26.8 Å². The predicted molar refractivity (Wildman–Crippen MR) is 73.5 cm³/mol. The minimum absolute atomic E-state index is 0.0969. The van der Waals surface area contributed by atoms with Crippen molar-refractivity contribution in [3.05, 3.63) is 28.8 Å². The Hall–Kier alpha value is -1.02. The van der Waals surface area contributed by atoms with Crippen molar-refractivity contribution < 1.29 is 4.74 Å². The van der Waals surface area contributed by atoms with Gasteiger partial charge in [-0.25, -0.2) is 0 Å². The lowest BCUT2D eigenvalue weighted by atomic mass is 9.84. The maximum Gasteiger partial charge on any atom is 0.122 e. The van der Waals surface area contributed by atoms with Gasteiger partial charge in [-0.05, 0) is 48.4 Å². The van der Waals surface area contributed by atoms with Gasteiger partial charge in [0.25, 0.3) is 0 Å². The Labute approximate surface area is 105 Å². The van der Waals surface area contributed by atoms with Crippen LogP contribution in [-0.2, 0) is 0 Å².